The summed E-state index contributed by atoms with van der Waals surface area (Å²) in [6.45, 7) is 0. The summed E-state index contributed by atoms with van der Waals surface area (Å²) < 4.78 is 13.2. The molecule has 15 heavy (non-hydrogen) atoms. The normalized spacial score (nSPS) is 10.5. The molecule has 0 radical (unpaired) electrons. The lowest BCUT2D eigenvalue weighted by atomic mass is 10.2. The number of hydrogen-bond acceptors (Lipinski definition) is 3. The average Bonchev–Trinajstić information content (AvgIpc) is 2.16. The van der Waals surface area contributed by atoms with E-state index in [4.69, 9.17) is 0 Å². The van der Waals surface area contributed by atoms with Gasteiger partial charge in [-0.2, -0.15) is 0 Å². The fraction of sp³-hybridized carbons (Fsp3) is 0. The van der Waals surface area contributed by atoms with Crippen LogP contribution < -0.4 is 5.56 Å². The molecule has 0 saturated carbocycles. The van der Waals surface area contributed by atoms with E-state index in [1.807, 2.05) is 0 Å². The molecule has 0 spiro atoms. The fourth-order valence-corrected chi connectivity index (χ4v) is 1.32. The predicted molar refractivity (Wildman–Crippen MR) is 51.2 cm³/mol. The van der Waals surface area contributed by atoms with Crippen LogP contribution in [0.15, 0.2) is 29.1 Å². The molecule has 1 aromatic carbocycles. The van der Waals surface area contributed by atoms with Gasteiger partial charge in [0.25, 0.3) is 0 Å². The Kier molecular flexibility index (Phi) is 1.96. The van der Waals surface area contributed by atoms with Gasteiger partial charge >= 0.3 is 11.2 Å². The van der Waals surface area contributed by atoms with Crippen molar-refractivity contribution in [2.45, 2.75) is 0 Å². The summed E-state index contributed by atoms with van der Waals surface area (Å²) in [5, 5.41) is 10.5. The van der Waals surface area contributed by atoms with Crippen LogP contribution in [0.2, 0.25) is 0 Å². The molecule has 6 heteroatoms. The van der Waals surface area contributed by atoms with Crippen molar-refractivity contribution in [1.29, 1.82) is 0 Å². The topological polar surface area (TPSA) is 76.0 Å². The highest BCUT2D eigenvalue weighted by molar-refractivity contribution is 5.80. The third kappa shape index (κ3) is 1.45. The molecule has 1 heterocycles. The average molecular weight is 208 g/mol. The molecule has 0 saturated heterocycles. The highest BCUT2D eigenvalue weighted by Crippen LogP contribution is 2.17. The number of nitrogens with one attached hydrogen (secondary N) is 1. The molecule has 76 valence electrons. The van der Waals surface area contributed by atoms with Crippen molar-refractivity contribution >= 4 is 16.6 Å². The van der Waals surface area contributed by atoms with E-state index >= 15 is 0 Å². The first-order chi connectivity index (χ1) is 7.09. The van der Waals surface area contributed by atoms with Gasteiger partial charge in [-0.1, -0.05) is 6.07 Å². The molecule has 0 bridgehead atoms. The van der Waals surface area contributed by atoms with Gasteiger partial charge < -0.3 is 4.98 Å². The number of nitrogens with zero attached hydrogens (tertiary/aromatic N) is 1. The van der Waals surface area contributed by atoms with Crippen LogP contribution in [-0.4, -0.2) is 9.91 Å². The standard InChI is InChI=1S/C9H5FN2O3/c10-6-2-1-3-7-5(6)4-8(12(14)15)9(13)11-7/h1-4H,(H,11,13). The van der Waals surface area contributed by atoms with Gasteiger partial charge in [0.05, 0.1) is 10.4 Å². The van der Waals surface area contributed by atoms with Crippen molar-refractivity contribution < 1.29 is 9.31 Å². The van der Waals surface area contributed by atoms with Gasteiger partial charge in [-0.3, -0.25) is 14.9 Å². The summed E-state index contributed by atoms with van der Waals surface area (Å²) in [6, 6.07) is 5.00. The molecule has 0 fully saturated rings. The molecule has 0 atom stereocenters. The third-order valence-electron chi connectivity index (χ3n) is 2.01. The monoisotopic (exact) mass is 208 g/mol. The minimum atomic E-state index is -0.843. The summed E-state index contributed by atoms with van der Waals surface area (Å²) in [4.78, 5) is 23.0. The minimum Gasteiger partial charge on any atom is -0.316 e. The second kappa shape index (κ2) is 3.16. The number of aromatic amines is 1. The minimum absolute atomic E-state index is 0.0313. The number of benzene rings is 1. The Labute approximate surface area is 82.3 Å². The zero-order valence-electron chi connectivity index (χ0n) is 7.36. The van der Waals surface area contributed by atoms with E-state index in [0.717, 1.165) is 6.07 Å². The lowest BCUT2D eigenvalue weighted by Gasteiger charge is -1.98. The predicted octanol–water partition coefficient (Wildman–Crippen LogP) is 1.58. The van der Waals surface area contributed by atoms with Crippen LogP contribution in [0.5, 0.6) is 0 Å². The van der Waals surface area contributed by atoms with Gasteiger partial charge in [-0.05, 0) is 12.1 Å². The second-order valence-corrected chi connectivity index (χ2v) is 2.94. The van der Waals surface area contributed by atoms with E-state index in [9.17, 15) is 19.3 Å². The Bertz CT molecular complexity index is 606. The van der Waals surface area contributed by atoms with E-state index in [1.165, 1.54) is 18.2 Å². The maximum absolute atomic E-state index is 13.2. The van der Waals surface area contributed by atoms with Crippen LogP contribution in [0, 0.1) is 15.9 Å². The van der Waals surface area contributed by atoms with Crippen LogP contribution in [0.3, 0.4) is 0 Å². The molecule has 0 unspecified atom stereocenters. The first kappa shape index (κ1) is 9.32. The molecule has 5 nitrogen and oxygen atoms in total. The van der Waals surface area contributed by atoms with Crippen LogP contribution in [-0.2, 0) is 0 Å². The van der Waals surface area contributed by atoms with E-state index in [1.54, 1.807) is 0 Å². The van der Waals surface area contributed by atoms with Crippen LogP contribution in [0.1, 0.15) is 0 Å². The number of nitro groups is 1. The number of H-pyrrole nitrogens is 1. The highest BCUT2D eigenvalue weighted by Gasteiger charge is 2.14. The lowest BCUT2D eigenvalue weighted by Crippen LogP contribution is -2.11. The molecular weight excluding hydrogens is 203 g/mol. The Morgan fingerprint density at radius 2 is 2.13 bits per heavy atom. The van der Waals surface area contributed by atoms with Crippen LogP contribution >= 0.6 is 0 Å². The van der Waals surface area contributed by atoms with E-state index in [0.29, 0.717) is 0 Å². The SMILES string of the molecule is O=c1[nH]c2cccc(F)c2cc1[N+](=O)[O-]. The molecule has 1 N–H and O–H groups in total. The smallest absolute Gasteiger partial charge is 0.316 e. The summed E-state index contributed by atoms with van der Waals surface area (Å²) in [7, 11) is 0. The lowest BCUT2D eigenvalue weighted by molar-refractivity contribution is -0.386. The van der Waals surface area contributed by atoms with Gasteiger partial charge in [-0.15, -0.1) is 0 Å². The first-order valence-corrected chi connectivity index (χ1v) is 4.05. The largest absolute Gasteiger partial charge is 0.334 e. The quantitative estimate of drug-likeness (QED) is 0.570. The van der Waals surface area contributed by atoms with Gasteiger partial charge in [0, 0.05) is 11.5 Å². The number of hydrogen-bond donors (Lipinski definition) is 1. The molecule has 2 aromatic rings. The molecular formula is C9H5FN2O3. The Morgan fingerprint density at radius 3 is 2.80 bits per heavy atom. The molecule has 0 amide bonds. The maximum Gasteiger partial charge on any atom is 0.334 e. The van der Waals surface area contributed by atoms with Crippen molar-refractivity contribution in [2.24, 2.45) is 0 Å². The van der Waals surface area contributed by atoms with Crippen molar-refractivity contribution in [3.63, 3.8) is 0 Å². The summed E-state index contributed by atoms with van der Waals surface area (Å²) in [5.74, 6) is -0.605. The van der Waals surface area contributed by atoms with E-state index in [2.05, 4.69) is 4.98 Å². The molecule has 2 rings (SSSR count). The highest BCUT2D eigenvalue weighted by atomic mass is 19.1. The Hall–Kier alpha value is -2.24. The number of aromatic nitrogens is 1. The van der Waals surface area contributed by atoms with Crippen molar-refractivity contribution in [3.05, 3.63) is 50.6 Å². The number of halogens is 1. The summed E-state index contributed by atoms with van der Waals surface area (Å²) in [6.07, 6.45) is 0. The van der Waals surface area contributed by atoms with Gasteiger partial charge in [0.2, 0.25) is 0 Å². The molecule has 0 aliphatic rings. The fourth-order valence-electron chi connectivity index (χ4n) is 1.32. The summed E-state index contributed by atoms with van der Waals surface area (Å²) >= 11 is 0. The zero-order valence-corrected chi connectivity index (χ0v) is 7.36. The number of pyridine rings is 1. The van der Waals surface area contributed by atoms with Crippen molar-refractivity contribution in [3.8, 4) is 0 Å². The van der Waals surface area contributed by atoms with Crippen molar-refractivity contribution in [2.75, 3.05) is 0 Å². The maximum atomic E-state index is 13.2. The summed E-state index contributed by atoms with van der Waals surface area (Å²) in [5.41, 5.74) is -1.25. The molecule has 1 aromatic heterocycles. The first-order valence-electron chi connectivity index (χ1n) is 4.05. The second-order valence-electron chi connectivity index (χ2n) is 2.94. The van der Waals surface area contributed by atoms with Gasteiger partial charge in [0.15, 0.2) is 0 Å². The van der Waals surface area contributed by atoms with Crippen LogP contribution in [0.25, 0.3) is 10.9 Å². The number of fused-ring (bicyclic) bond motifs is 1. The third-order valence-corrected chi connectivity index (χ3v) is 2.01. The zero-order chi connectivity index (χ0) is 11.0. The van der Waals surface area contributed by atoms with Gasteiger partial charge in [0.1, 0.15) is 5.82 Å². The Balaban J connectivity index is 2.90. The Morgan fingerprint density at radius 1 is 1.40 bits per heavy atom. The van der Waals surface area contributed by atoms with E-state index in [-0.39, 0.29) is 10.9 Å². The van der Waals surface area contributed by atoms with E-state index < -0.39 is 22.0 Å². The van der Waals surface area contributed by atoms with Crippen molar-refractivity contribution in [1.82, 2.24) is 4.98 Å². The number of rotatable bonds is 1. The van der Waals surface area contributed by atoms with Crippen LogP contribution in [0.4, 0.5) is 10.1 Å². The molecule has 0 aliphatic heterocycles. The van der Waals surface area contributed by atoms with Gasteiger partial charge in [-0.25, -0.2) is 4.39 Å². The molecule has 0 aliphatic carbocycles.